The highest BCUT2D eigenvalue weighted by Crippen LogP contribution is 2.24. The zero-order chi connectivity index (χ0) is 19.3. The predicted molar refractivity (Wildman–Crippen MR) is 108 cm³/mol. The van der Waals surface area contributed by atoms with Crippen LogP contribution in [0.3, 0.4) is 0 Å². The van der Waals surface area contributed by atoms with Gasteiger partial charge in [-0.05, 0) is 52.9 Å². The summed E-state index contributed by atoms with van der Waals surface area (Å²) in [5, 5.41) is 6.16. The molecule has 3 aromatic rings. The Morgan fingerprint density at radius 1 is 0.963 bits per heavy atom. The number of pyridine rings is 2. The number of hydrogen-bond acceptors (Lipinski definition) is 4. The molecule has 0 unspecified atom stereocenters. The average molecular weight is 360 g/mol. The highest BCUT2D eigenvalue weighted by molar-refractivity contribution is 5.94. The lowest BCUT2D eigenvalue weighted by molar-refractivity contribution is 0.0951. The molecule has 1 aromatic carbocycles. The summed E-state index contributed by atoms with van der Waals surface area (Å²) in [6.45, 7) is 7.02. The van der Waals surface area contributed by atoms with Crippen molar-refractivity contribution in [3.05, 3.63) is 83.8 Å². The van der Waals surface area contributed by atoms with Crippen molar-refractivity contribution < 1.29 is 4.79 Å². The molecule has 0 bridgehead atoms. The number of rotatable bonds is 5. The molecule has 0 spiro atoms. The third-order valence-electron chi connectivity index (χ3n) is 4.25. The zero-order valence-electron chi connectivity index (χ0n) is 15.9. The molecule has 0 atom stereocenters. The molecule has 5 heteroatoms. The Hall–Kier alpha value is -3.21. The monoisotopic (exact) mass is 360 g/mol. The first-order chi connectivity index (χ1) is 12.9. The number of aromatic nitrogens is 2. The lowest BCUT2D eigenvalue weighted by Crippen LogP contribution is -2.22. The Morgan fingerprint density at radius 3 is 2.33 bits per heavy atom. The maximum absolute atomic E-state index is 12.4. The van der Waals surface area contributed by atoms with Crippen LogP contribution in [0.25, 0.3) is 0 Å². The fourth-order valence-corrected chi connectivity index (χ4v) is 2.63. The van der Waals surface area contributed by atoms with Gasteiger partial charge in [0, 0.05) is 36.4 Å². The van der Waals surface area contributed by atoms with E-state index in [4.69, 9.17) is 0 Å². The zero-order valence-corrected chi connectivity index (χ0v) is 15.9. The molecule has 0 aliphatic heterocycles. The Kier molecular flexibility index (Phi) is 5.50. The van der Waals surface area contributed by atoms with E-state index in [9.17, 15) is 4.79 Å². The number of anilines is 2. The van der Waals surface area contributed by atoms with Crippen molar-refractivity contribution in [3.8, 4) is 0 Å². The van der Waals surface area contributed by atoms with Crippen molar-refractivity contribution in [2.45, 2.75) is 32.7 Å². The van der Waals surface area contributed by atoms with E-state index >= 15 is 0 Å². The minimum atomic E-state index is -0.139. The van der Waals surface area contributed by atoms with Crippen molar-refractivity contribution in [1.29, 1.82) is 0 Å². The van der Waals surface area contributed by atoms with Crippen molar-refractivity contribution in [1.82, 2.24) is 15.3 Å². The fourth-order valence-electron chi connectivity index (χ4n) is 2.63. The maximum Gasteiger partial charge on any atom is 0.251 e. The molecular weight excluding hydrogens is 336 g/mol. The Labute approximate surface area is 159 Å². The predicted octanol–water partition coefficient (Wildman–Crippen LogP) is 4.45. The number of hydrogen-bond donors (Lipinski definition) is 2. The summed E-state index contributed by atoms with van der Waals surface area (Å²) in [7, 11) is 0. The first-order valence-corrected chi connectivity index (χ1v) is 8.92. The van der Waals surface area contributed by atoms with Crippen LogP contribution in [0, 0.1) is 0 Å². The third kappa shape index (κ3) is 5.14. The van der Waals surface area contributed by atoms with Gasteiger partial charge in [-0.15, -0.1) is 0 Å². The van der Waals surface area contributed by atoms with Gasteiger partial charge in [0.05, 0.1) is 0 Å². The van der Waals surface area contributed by atoms with Gasteiger partial charge >= 0.3 is 0 Å². The SMILES string of the molecule is CC(C)(C)c1ccc(Nc2cc(C(=O)NCc3ccncc3)ccn2)cc1. The van der Waals surface area contributed by atoms with Crippen LogP contribution < -0.4 is 10.6 Å². The molecule has 2 N–H and O–H groups in total. The second kappa shape index (κ2) is 7.99. The van der Waals surface area contributed by atoms with Gasteiger partial charge in [0.15, 0.2) is 0 Å². The minimum Gasteiger partial charge on any atom is -0.348 e. The van der Waals surface area contributed by atoms with Crippen molar-refractivity contribution in [3.63, 3.8) is 0 Å². The summed E-state index contributed by atoms with van der Waals surface area (Å²) >= 11 is 0. The molecule has 1 amide bonds. The number of nitrogens with zero attached hydrogens (tertiary/aromatic N) is 2. The second-order valence-corrected chi connectivity index (χ2v) is 7.42. The van der Waals surface area contributed by atoms with Gasteiger partial charge in [-0.1, -0.05) is 32.9 Å². The van der Waals surface area contributed by atoms with Crippen LogP contribution in [0.1, 0.15) is 42.3 Å². The van der Waals surface area contributed by atoms with Crippen LogP contribution in [0.4, 0.5) is 11.5 Å². The first-order valence-electron chi connectivity index (χ1n) is 8.92. The number of amides is 1. The third-order valence-corrected chi connectivity index (χ3v) is 4.25. The average Bonchev–Trinajstić information content (AvgIpc) is 2.67. The van der Waals surface area contributed by atoms with E-state index in [1.54, 1.807) is 30.7 Å². The van der Waals surface area contributed by atoms with Crippen LogP contribution in [0.2, 0.25) is 0 Å². The van der Waals surface area contributed by atoms with E-state index in [-0.39, 0.29) is 11.3 Å². The van der Waals surface area contributed by atoms with Crippen LogP contribution >= 0.6 is 0 Å². The minimum absolute atomic E-state index is 0.115. The number of nitrogens with one attached hydrogen (secondary N) is 2. The van der Waals surface area contributed by atoms with Gasteiger partial charge in [0.25, 0.3) is 5.91 Å². The molecule has 3 rings (SSSR count). The van der Waals surface area contributed by atoms with Gasteiger partial charge in [0.2, 0.25) is 0 Å². The highest BCUT2D eigenvalue weighted by atomic mass is 16.1. The maximum atomic E-state index is 12.4. The van der Waals surface area contributed by atoms with Crippen LogP contribution in [0.15, 0.2) is 67.1 Å². The first kappa shape index (κ1) is 18.6. The van der Waals surface area contributed by atoms with Crippen LogP contribution in [0.5, 0.6) is 0 Å². The van der Waals surface area contributed by atoms with Crippen molar-refractivity contribution in [2.75, 3.05) is 5.32 Å². The molecule has 138 valence electrons. The smallest absolute Gasteiger partial charge is 0.251 e. The van der Waals surface area contributed by atoms with E-state index in [1.165, 1.54) is 5.56 Å². The summed E-state index contributed by atoms with van der Waals surface area (Å²) in [5.41, 5.74) is 3.89. The molecule has 0 radical (unpaired) electrons. The summed E-state index contributed by atoms with van der Waals surface area (Å²) in [6, 6.07) is 15.5. The normalized spacial score (nSPS) is 11.1. The summed E-state index contributed by atoms with van der Waals surface area (Å²) in [4.78, 5) is 20.7. The Bertz CT molecular complexity index is 900. The molecule has 0 saturated heterocycles. The summed E-state index contributed by atoms with van der Waals surface area (Å²) in [6.07, 6.45) is 5.05. The van der Waals surface area contributed by atoms with E-state index in [2.05, 4.69) is 53.5 Å². The largest absolute Gasteiger partial charge is 0.348 e. The Morgan fingerprint density at radius 2 is 1.67 bits per heavy atom. The molecule has 27 heavy (non-hydrogen) atoms. The van der Waals surface area contributed by atoms with Crippen molar-refractivity contribution >= 4 is 17.4 Å². The lowest BCUT2D eigenvalue weighted by atomic mass is 9.87. The molecule has 0 aliphatic rings. The summed E-state index contributed by atoms with van der Waals surface area (Å²) in [5.74, 6) is 0.496. The van der Waals surface area contributed by atoms with E-state index in [0.717, 1.165) is 11.3 Å². The molecule has 0 aliphatic carbocycles. The standard InChI is InChI=1S/C22H24N4O/c1-22(2,3)18-4-6-19(7-5-18)26-20-14-17(10-13-24-20)21(27)25-15-16-8-11-23-12-9-16/h4-14H,15H2,1-3H3,(H,24,26)(H,25,27). The van der Waals surface area contributed by atoms with Gasteiger partial charge < -0.3 is 10.6 Å². The molecule has 0 saturated carbocycles. The van der Waals surface area contributed by atoms with Gasteiger partial charge in [-0.25, -0.2) is 4.98 Å². The second-order valence-electron chi connectivity index (χ2n) is 7.42. The highest BCUT2D eigenvalue weighted by Gasteiger charge is 2.13. The lowest BCUT2D eigenvalue weighted by Gasteiger charge is -2.19. The summed E-state index contributed by atoms with van der Waals surface area (Å²) < 4.78 is 0. The van der Waals surface area contributed by atoms with Gasteiger partial charge in [-0.3, -0.25) is 9.78 Å². The number of benzene rings is 1. The number of carbonyl (C=O) groups is 1. The number of carbonyl (C=O) groups excluding carboxylic acids is 1. The molecule has 0 fully saturated rings. The Balaban J connectivity index is 1.65. The van der Waals surface area contributed by atoms with E-state index in [0.29, 0.717) is 17.9 Å². The van der Waals surface area contributed by atoms with Gasteiger partial charge in [0.1, 0.15) is 5.82 Å². The topological polar surface area (TPSA) is 66.9 Å². The molecule has 2 aromatic heterocycles. The molecule has 5 nitrogen and oxygen atoms in total. The van der Waals surface area contributed by atoms with Crippen LogP contribution in [-0.2, 0) is 12.0 Å². The van der Waals surface area contributed by atoms with Gasteiger partial charge in [-0.2, -0.15) is 0 Å². The van der Waals surface area contributed by atoms with E-state index < -0.39 is 0 Å². The molecule has 2 heterocycles. The van der Waals surface area contributed by atoms with Crippen LogP contribution in [-0.4, -0.2) is 15.9 Å². The van der Waals surface area contributed by atoms with E-state index in [1.807, 2.05) is 24.3 Å². The van der Waals surface area contributed by atoms with Crippen molar-refractivity contribution in [2.24, 2.45) is 0 Å². The molecular formula is C22H24N4O. The fraction of sp³-hybridized carbons (Fsp3) is 0.227. The quantitative estimate of drug-likeness (QED) is 0.705.